The van der Waals surface area contributed by atoms with Crippen molar-refractivity contribution in [2.75, 3.05) is 18.4 Å². The summed E-state index contributed by atoms with van der Waals surface area (Å²) in [5, 5.41) is 2.71. The summed E-state index contributed by atoms with van der Waals surface area (Å²) in [5.41, 5.74) is 2.71. The van der Waals surface area contributed by atoms with Crippen LogP contribution in [0, 0.1) is 12.8 Å². The van der Waals surface area contributed by atoms with Gasteiger partial charge in [0.2, 0.25) is 10.0 Å². The average Bonchev–Trinajstić information content (AvgIpc) is 2.81. The van der Waals surface area contributed by atoms with Crippen LogP contribution in [0.5, 0.6) is 0 Å². The Morgan fingerprint density at radius 3 is 2.31 bits per heavy atom. The summed E-state index contributed by atoms with van der Waals surface area (Å²) in [7, 11) is -3.56. The lowest BCUT2D eigenvalue weighted by molar-refractivity contribution is 0.102. The molecule has 2 heterocycles. The fourth-order valence-electron chi connectivity index (χ4n) is 3.87. The van der Waals surface area contributed by atoms with Crippen LogP contribution in [0.4, 0.5) is 5.69 Å². The first kappa shape index (κ1) is 22.1. The SMILES string of the molecule is Cc1cnc(C(=O)Nc2ccc(S(=O)(=O)N3CCC(Cc4ccccc4)CC3)cc2)cn1. The quantitative estimate of drug-likeness (QED) is 0.618. The van der Waals surface area contributed by atoms with Gasteiger partial charge in [0.25, 0.3) is 5.91 Å². The van der Waals surface area contributed by atoms with Gasteiger partial charge in [-0.1, -0.05) is 30.3 Å². The molecule has 0 bridgehead atoms. The number of aryl methyl sites for hydroxylation is 1. The van der Waals surface area contributed by atoms with E-state index in [0.29, 0.717) is 24.7 Å². The Morgan fingerprint density at radius 1 is 1.00 bits per heavy atom. The van der Waals surface area contributed by atoms with Crippen molar-refractivity contribution < 1.29 is 13.2 Å². The molecule has 0 unspecified atom stereocenters. The third-order valence-electron chi connectivity index (χ3n) is 5.70. The van der Waals surface area contributed by atoms with E-state index in [4.69, 9.17) is 0 Å². The number of amides is 1. The second kappa shape index (κ2) is 9.58. The number of carbonyl (C=O) groups is 1. The van der Waals surface area contributed by atoms with Crippen LogP contribution >= 0.6 is 0 Å². The van der Waals surface area contributed by atoms with Gasteiger partial charge in [0, 0.05) is 25.0 Å². The molecule has 1 aliphatic heterocycles. The van der Waals surface area contributed by atoms with Gasteiger partial charge in [-0.2, -0.15) is 4.31 Å². The predicted molar refractivity (Wildman–Crippen MR) is 123 cm³/mol. The zero-order valence-corrected chi connectivity index (χ0v) is 18.8. The van der Waals surface area contributed by atoms with Gasteiger partial charge in [-0.3, -0.25) is 9.78 Å². The topological polar surface area (TPSA) is 92.3 Å². The molecular weight excluding hydrogens is 424 g/mol. The molecule has 0 spiro atoms. The number of carbonyl (C=O) groups excluding carboxylic acids is 1. The minimum absolute atomic E-state index is 0.200. The molecule has 1 aliphatic rings. The number of piperidine rings is 1. The first-order chi connectivity index (χ1) is 15.4. The number of benzene rings is 2. The third-order valence-corrected chi connectivity index (χ3v) is 7.62. The largest absolute Gasteiger partial charge is 0.321 e. The van der Waals surface area contributed by atoms with Gasteiger partial charge in [-0.05, 0) is 61.9 Å². The van der Waals surface area contributed by atoms with E-state index in [2.05, 4.69) is 27.4 Å². The second-order valence-corrected chi connectivity index (χ2v) is 10.00. The van der Waals surface area contributed by atoms with E-state index < -0.39 is 15.9 Å². The van der Waals surface area contributed by atoms with Gasteiger partial charge in [-0.15, -0.1) is 0 Å². The zero-order chi connectivity index (χ0) is 22.6. The first-order valence-corrected chi connectivity index (χ1v) is 12.1. The molecule has 1 fully saturated rings. The smallest absolute Gasteiger partial charge is 0.275 e. The molecule has 166 valence electrons. The number of sulfonamides is 1. The lowest BCUT2D eigenvalue weighted by Gasteiger charge is -2.31. The van der Waals surface area contributed by atoms with Crippen LogP contribution in [0.1, 0.15) is 34.6 Å². The standard InChI is InChI=1S/C24H26N4O3S/c1-18-16-26-23(17-25-18)24(29)27-21-7-9-22(10-8-21)32(30,31)28-13-11-20(12-14-28)15-19-5-3-2-4-6-19/h2-10,16-17,20H,11-15H2,1H3,(H,27,29). The summed E-state index contributed by atoms with van der Waals surface area (Å²) in [6.45, 7) is 2.83. The van der Waals surface area contributed by atoms with E-state index >= 15 is 0 Å². The van der Waals surface area contributed by atoms with Gasteiger partial charge in [0.05, 0.1) is 16.8 Å². The minimum Gasteiger partial charge on any atom is -0.321 e. The van der Waals surface area contributed by atoms with Gasteiger partial charge in [-0.25, -0.2) is 13.4 Å². The highest BCUT2D eigenvalue weighted by Crippen LogP contribution is 2.26. The molecule has 0 atom stereocenters. The van der Waals surface area contributed by atoms with Gasteiger partial charge in [0.1, 0.15) is 5.69 Å². The zero-order valence-electron chi connectivity index (χ0n) is 17.9. The monoisotopic (exact) mass is 450 g/mol. The van der Waals surface area contributed by atoms with Crippen LogP contribution in [0.2, 0.25) is 0 Å². The number of nitrogens with zero attached hydrogens (tertiary/aromatic N) is 3. The molecule has 32 heavy (non-hydrogen) atoms. The maximum atomic E-state index is 13.1. The number of hydrogen-bond acceptors (Lipinski definition) is 5. The van der Waals surface area contributed by atoms with E-state index in [0.717, 1.165) is 25.0 Å². The fraction of sp³-hybridized carbons (Fsp3) is 0.292. The number of aromatic nitrogens is 2. The van der Waals surface area contributed by atoms with Crippen molar-refractivity contribution in [1.29, 1.82) is 0 Å². The number of nitrogens with one attached hydrogen (secondary N) is 1. The van der Waals surface area contributed by atoms with Crippen LogP contribution in [-0.4, -0.2) is 41.7 Å². The van der Waals surface area contributed by atoms with Crippen molar-refractivity contribution in [3.8, 4) is 0 Å². The van der Waals surface area contributed by atoms with E-state index in [1.165, 1.54) is 30.1 Å². The highest BCUT2D eigenvalue weighted by atomic mass is 32.2. The Morgan fingerprint density at radius 2 is 1.69 bits per heavy atom. The molecule has 7 nitrogen and oxygen atoms in total. The van der Waals surface area contributed by atoms with Gasteiger partial charge >= 0.3 is 0 Å². The Labute approximate surface area is 188 Å². The molecule has 4 rings (SSSR count). The Hall–Kier alpha value is -3.10. The molecule has 1 N–H and O–H groups in total. The van der Waals surface area contributed by atoms with E-state index in [1.54, 1.807) is 23.4 Å². The fourth-order valence-corrected chi connectivity index (χ4v) is 5.34. The second-order valence-electron chi connectivity index (χ2n) is 8.06. The molecule has 8 heteroatoms. The average molecular weight is 451 g/mol. The number of rotatable bonds is 6. The van der Waals surface area contributed by atoms with E-state index in [1.807, 2.05) is 18.2 Å². The van der Waals surface area contributed by atoms with Crippen molar-refractivity contribution in [2.45, 2.75) is 31.1 Å². The summed E-state index contributed by atoms with van der Waals surface area (Å²) >= 11 is 0. The maximum Gasteiger partial charge on any atom is 0.275 e. The van der Waals surface area contributed by atoms with Crippen LogP contribution in [0.25, 0.3) is 0 Å². The Balaban J connectivity index is 1.36. The molecule has 1 saturated heterocycles. The molecule has 0 radical (unpaired) electrons. The molecule has 3 aromatic rings. The normalized spacial score (nSPS) is 15.4. The van der Waals surface area contributed by atoms with Crippen molar-refractivity contribution in [1.82, 2.24) is 14.3 Å². The van der Waals surface area contributed by atoms with Gasteiger partial charge < -0.3 is 5.32 Å². The Kier molecular flexibility index (Phi) is 6.62. The highest BCUT2D eigenvalue weighted by Gasteiger charge is 2.29. The van der Waals surface area contributed by atoms with Crippen molar-refractivity contribution in [3.63, 3.8) is 0 Å². The maximum absolute atomic E-state index is 13.1. The lowest BCUT2D eigenvalue weighted by atomic mass is 9.91. The van der Waals surface area contributed by atoms with Crippen molar-refractivity contribution in [3.05, 3.63) is 83.9 Å². The van der Waals surface area contributed by atoms with Gasteiger partial charge in [0.15, 0.2) is 0 Å². The van der Waals surface area contributed by atoms with Crippen LogP contribution in [-0.2, 0) is 16.4 Å². The lowest BCUT2D eigenvalue weighted by Crippen LogP contribution is -2.38. The molecule has 1 aromatic heterocycles. The molecule has 1 amide bonds. The predicted octanol–water partition coefficient (Wildman–Crippen LogP) is 3.68. The molecule has 0 aliphatic carbocycles. The molecule has 2 aromatic carbocycles. The number of hydrogen-bond donors (Lipinski definition) is 1. The molecule has 0 saturated carbocycles. The number of anilines is 1. The highest BCUT2D eigenvalue weighted by molar-refractivity contribution is 7.89. The summed E-state index contributed by atoms with van der Waals surface area (Å²) < 4.78 is 27.7. The van der Waals surface area contributed by atoms with E-state index in [-0.39, 0.29) is 10.6 Å². The summed E-state index contributed by atoms with van der Waals surface area (Å²) in [6.07, 6.45) is 5.60. The third kappa shape index (κ3) is 5.20. The Bertz CT molecular complexity index is 1160. The first-order valence-electron chi connectivity index (χ1n) is 10.7. The molecular formula is C24H26N4O3S. The van der Waals surface area contributed by atoms with Crippen molar-refractivity contribution in [2.24, 2.45) is 5.92 Å². The van der Waals surface area contributed by atoms with Crippen molar-refractivity contribution >= 4 is 21.6 Å². The van der Waals surface area contributed by atoms with E-state index in [9.17, 15) is 13.2 Å². The summed E-state index contributed by atoms with van der Waals surface area (Å²) in [6, 6.07) is 16.6. The summed E-state index contributed by atoms with van der Waals surface area (Å²) in [4.78, 5) is 20.6. The van der Waals surface area contributed by atoms with Crippen LogP contribution in [0.3, 0.4) is 0 Å². The van der Waals surface area contributed by atoms with Crippen LogP contribution < -0.4 is 5.32 Å². The minimum atomic E-state index is -3.56. The van der Waals surface area contributed by atoms with Crippen LogP contribution in [0.15, 0.2) is 71.9 Å². The summed E-state index contributed by atoms with van der Waals surface area (Å²) in [5.74, 6) is 0.0971.